The molecule has 0 saturated carbocycles. The molecule has 2 rings (SSSR count). The van der Waals surface area contributed by atoms with E-state index in [1.807, 2.05) is 32.9 Å². The Morgan fingerprint density at radius 2 is 2.00 bits per heavy atom. The molecule has 1 heterocycles. The van der Waals surface area contributed by atoms with Crippen LogP contribution in [0, 0.1) is 5.41 Å². The van der Waals surface area contributed by atoms with E-state index in [-0.39, 0.29) is 11.5 Å². The van der Waals surface area contributed by atoms with Crippen molar-refractivity contribution in [2.75, 3.05) is 25.0 Å². The summed E-state index contributed by atoms with van der Waals surface area (Å²) in [6.07, 6.45) is 2.52. The molecule has 1 aromatic rings. The molecule has 0 aliphatic carbocycles. The Morgan fingerprint density at radius 3 is 2.59 bits per heavy atom. The van der Waals surface area contributed by atoms with Crippen LogP contribution in [-0.4, -0.2) is 42.2 Å². The van der Waals surface area contributed by atoms with E-state index in [1.165, 1.54) is 5.56 Å². The lowest BCUT2D eigenvalue weighted by atomic mass is 9.80. The minimum atomic E-state index is -0.461. The molecule has 1 aliphatic rings. The molecule has 0 bridgehead atoms. The van der Waals surface area contributed by atoms with Crippen molar-refractivity contribution in [1.29, 1.82) is 0 Å². The van der Waals surface area contributed by atoms with Crippen molar-refractivity contribution in [2.24, 2.45) is 16.1 Å². The number of hydrogen-bond donors (Lipinski definition) is 2. The number of anilines is 1. The van der Waals surface area contributed by atoms with Crippen molar-refractivity contribution in [3.63, 3.8) is 0 Å². The second-order valence-corrected chi connectivity index (χ2v) is 8.66. The Morgan fingerprint density at radius 1 is 1.33 bits per heavy atom. The Balaban J connectivity index is 1.86. The van der Waals surface area contributed by atoms with Gasteiger partial charge < -0.3 is 20.7 Å². The second-order valence-electron chi connectivity index (χ2n) is 8.66. The van der Waals surface area contributed by atoms with E-state index in [0.29, 0.717) is 25.6 Å². The molecule has 1 saturated heterocycles. The summed E-state index contributed by atoms with van der Waals surface area (Å²) in [7, 11) is 0. The van der Waals surface area contributed by atoms with Gasteiger partial charge in [-0.05, 0) is 63.1 Å². The molecule has 6 heteroatoms. The summed E-state index contributed by atoms with van der Waals surface area (Å²) in [5.41, 5.74) is 7.87. The number of nitrogens with zero attached hydrogens (tertiary/aromatic N) is 2. The number of carbonyl (C=O) groups excluding carboxylic acids is 1. The van der Waals surface area contributed by atoms with Crippen LogP contribution in [0.4, 0.5) is 10.5 Å². The predicted octanol–water partition coefficient (Wildman–Crippen LogP) is 4.01. The molecule has 1 fully saturated rings. The van der Waals surface area contributed by atoms with Gasteiger partial charge in [0.1, 0.15) is 5.60 Å². The predicted molar refractivity (Wildman–Crippen MR) is 111 cm³/mol. The molecular weight excluding hydrogens is 340 g/mol. The fraction of sp³-hybridized carbons (Fsp3) is 0.619. The van der Waals surface area contributed by atoms with Crippen molar-refractivity contribution < 1.29 is 9.53 Å². The highest BCUT2D eigenvalue weighted by molar-refractivity contribution is 5.92. The zero-order valence-electron chi connectivity index (χ0n) is 17.3. The number of benzene rings is 1. The summed E-state index contributed by atoms with van der Waals surface area (Å²) in [5.74, 6) is 0.430. The van der Waals surface area contributed by atoms with Gasteiger partial charge in [-0.3, -0.25) is 4.99 Å². The van der Waals surface area contributed by atoms with Gasteiger partial charge in [0, 0.05) is 25.3 Å². The quantitative estimate of drug-likeness (QED) is 0.616. The number of guanidine groups is 1. The van der Waals surface area contributed by atoms with E-state index < -0.39 is 5.60 Å². The van der Waals surface area contributed by atoms with E-state index in [2.05, 4.69) is 36.3 Å². The second kappa shape index (κ2) is 8.63. The molecule has 0 aromatic heterocycles. The number of aliphatic imine (C=N–C) groups is 1. The van der Waals surface area contributed by atoms with Crippen LogP contribution in [0.2, 0.25) is 0 Å². The fourth-order valence-electron chi connectivity index (χ4n) is 3.05. The molecule has 0 spiro atoms. The fourth-order valence-corrected chi connectivity index (χ4v) is 3.05. The first-order valence-electron chi connectivity index (χ1n) is 9.74. The molecule has 3 N–H and O–H groups in total. The molecule has 0 atom stereocenters. The summed E-state index contributed by atoms with van der Waals surface area (Å²) in [5, 5.41) is 3.17. The number of hydrogen-bond acceptors (Lipinski definition) is 3. The minimum Gasteiger partial charge on any atom is -0.444 e. The van der Waals surface area contributed by atoms with Crippen molar-refractivity contribution in [3.05, 3.63) is 29.8 Å². The maximum absolute atomic E-state index is 12.2. The highest BCUT2D eigenvalue weighted by Crippen LogP contribution is 2.31. The van der Waals surface area contributed by atoms with Crippen LogP contribution in [0.3, 0.4) is 0 Å². The minimum absolute atomic E-state index is 0.0378. The zero-order chi connectivity index (χ0) is 20.1. The summed E-state index contributed by atoms with van der Waals surface area (Å²) in [6, 6.07) is 8.19. The third-order valence-corrected chi connectivity index (χ3v) is 4.86. The maximum Gasteiger partial charge on any atom is 0.410 e. The Hall–Kier alpha value is -2.24. The SMILES string of the molecule is CCc1cccc(NC(N)=NCC2(C)CCN(C(=O)OC(C)(C)C)CC2)c1. The molecule has 1 aliphatic heterocycles. The van der Waals surface area contributed by atoms with Gasteiger partial charge in [-0.25, -0.2) is 4.79 Å². The topological polar surface area (TPSA) is 80.0 Å². The number of piperidine rings is 1. The van der Waals surface area contributed by atoms with E-state index in [9.17, 15) is 4.79 Å². The first-order chi connectivity index (χ1) is 12.6. The van der Waals surface area contributed by atoms with Crippen LogP contribution in [0.25, 0.3) is 0 Å². The largest absolute Gasteiger partial charge is 0.444 e. The van der Waals surface area contributed by atoms with Crippen molar-refractivity contribution in [3.8, 4) is 0 Å². The van der Waals surface area contributed by atoms with Gasteiger partial charge in [0.2, 0.25) is 0 Å². The average molecular weight is 375 g/mol. The maximum atomic E-state index is 12.2. The number of nitrogens with two attached hydrogens (primary N) is 1. The Labute approximate surface area is 163 Å². The molecule has 27 heavy (non-hydrogen) atoms. The van der Waals surface area contributed by atoms with Crippen LogP contribution in [-0.2, 0) is 11.2 Å². The van der Waals surface area contributed by atoms with E-state index in [1.54, 1.807) is 4.90 Å². The zero-order valence-corrected chi connectivity index (χ0v) is 17.3. The highest BCUT2D eigenvalue weighted by atomic mass is 16.6. The number of likely N-dealkylation sites (tertiary alicyclic amines) is 1. The van der Waals surface area contributed by atoms with Crippen LogP contribution in [0.15, 0.2) is 29.3 Å². The standard InChI is InChI=1S/C21H34N4O2/c1-6-16-8-7-9-17(14-16)24-18(22)23-15-21(5)10-12-25(13-11-21)19(26)27-20(2,3)4/h7-9,14H,6,10-13,15H2,1-5H3,(H3,22,23,24). The first kappa shape index (κ1) is 21.1. The normalized spacial score (nSPS) is 17.5. The molecule has 1 aromatic carbocycles. The van der Waals surface area contributed by atoms with Crippen molar-refractivity contribution in [2.45, 2.75) is 59.5 Å². The molecule has 0 unspecified atom stereocenters. The number of carbonyl (C=O) groups is 1. The lowest BCUT2D eigenvalue weighted by Crippen LogP contribution is -2.45. The molecular formula is C21H34N4O2. The van der Waals surface area contributed by atoms with E-state index in [4.69, 9.17) is 10.5 Å². The van der Waals surface area contributed by atoms with E-state index in [0.717, 1.165) is 24.9 Å². The first-order valence-corrected chi connectivity index (χ1v) is 9.74. The van der Waals surface area contributed by atoms with Crippen LogP contribution in [0.1, 0.15) is 53.0 Å². The lowest BCUT2D eigenvalue weighted by molar-refractivity contribution is 0.0127. The Kier molecular flexibility index (Phi) is 6.73. The van der Waals surface area contributed by atoms with Crippen molar-refractivity contribution >= 4 is 17.7 Å². The molecule has 1 amide bonds. The number of amides is 1. The van der Waals surface area contributed by atoms with Gasteiger partial charge >= 0.3 is 6.09 Å². The van der Waals surface area contributed by atoms with Crippen molar-refractivity contribution in [1.82, 2.24) is 4.90 Å². The monoisotopic (exact) mass is 374 g/mol. The van der Waals surface area contributed by atoms with Gasteiger partial charge in [-0.2, -0.15) is 0 Å². The van der Waals surface area contributed by atoms with Gasteiger partial charge in [-0.1, -0.05) is 26.0 Å². The summed E-state index contributed by atoms with van der Waals surface area (Å²) < 4.78 is 5.46. The Bertz CT molecular complexity index is 671. The molecule has 6 nitrogen and oxygen atoms in total. The van der Waals surface area contributed by atoms with Gasteiger partial charge in [0.15, 0.2) is 5.96 Å². The summed E-state index contributed by atoms with van der Waals surface area (Å²) in [4.78, 5) is 18.5. The van der Waals surface area contributed by atoms with Gasteiger partial charge in [-0.15, -0.1) is 0 Å². The third-order valence-electron chi connectivity index (χ3n) is 4.86. The van der Waals surface area contributed by atoms with Gasteiger partial charge in [0.05, 0.1) is 0 Å². The smallest absolute Gasteiger partial charge is 0.410 e. The molecule has 150 valence electrons. The summed E-state index contributed by atoms with van der Waals surface area (Å²) in [6.45, 7) is 12.0. The van der Waals surface area contributed by atoms with Gasteiger partial charge in [0.25, 0.3) is 0 Å². The number of rotatable bonds is 4. The number of ether oxygens (including phenoxy) is 1. The number of nitrogens with one attached hydrogen (secondary N) is 1. The third kappa shape index (κ3) is 6.77. The average Bonchev–Trinajstić information content (AvgIpc) is 2.59. The van der Waals surface area contributed by atoms with Crippen LogP contribution in [0.5, 0.6) is 0 Å². The summed E-state index contributed by atoms with van der Waals surface area (Å²) >= 11 is 0. The highest BCUT2D eigenvalue weighted by Gasteiger charge is 2.33. The van der Waals surface area contributed by atoms with Crippen LogP contribution >= 0.6 is 0 Å². The number of aryl methyl sites for hydroxylation is 1. The van der Waals surface area contributed by atoms with Crippen LogP contribution < -0.4 is 11.1 Å². The lowest BCUT2D eigenvalue weighted by Gasteiger charge is -2.38. The van der Waals surface area contributed by atoms with E-state index >= 15 is 0 Å². The molecule has 0 radical (unpaired) electrons.